The number of rotatable bonds is 4. The van der Waals surface area contributed by atoms with Crippen LogP contribution in [0, 0.1) is 28.1 Å². The van der Waals surface area contributed by atoms with Gasteiger partial charge in [-0.2, -0.15) is 0 Å². The van der Waals surface area contributed by atoms with Crippen LogP contribution >= 0.6 is 0 Å². The molecule has 0 amide bonds. The van der Waals surface area contributed by atoms with E-state index in [4.69, 9.17) is 4.74 Å². The van der Waals surface area contributed by atoms with E-state index >= 15 is 0 Å². The van der Waals surface area contributed by atoms with Gasteiger partial charge in [0.05, 0.1) is 31.5 Å². The fraction of sp³-hybridized carbons (Fsp3) is 0.950. The maximum atomic E-state index is 11.3. The molecule has 0 unspecified atom stereocenters. The molecule has 0 aromatic rings. The largest absolute Gasteiger partial charge is 0.550 e. The van der Waals surface area contributed by atoms with Gasteiger partial charge in [0, 0.05) is 22.2 Å². The molecule has 6 nitrogen and oxygen atoms in total. The average molecular weight is 369 g/mol. The Balaban J connectivity index is 2.02. The van der Waals surface area contributed by atoms with E-state index in [1.807, 2.05) is 6.92 Å². The van der Waals surface area contributed by atoms with E-state index in [2.05, 4.69) is 13.8 Å². The molecule has 1 aliphatic heterocycles. The van der Waals surface area contributed by atoms with Gasteiger partial charge in [0.1, 0.15) is 0 Å². The lowest BCUT2D eigenvalue weighted by molar-refractivity contribution is -0.308. The zero-order valence-corrected chi connectivity index (χ0v) is 16.2. The molecule has 0 bridgehead atoms. The highest BCUT2D eigenvalue weighted by Gasteiger charge is 2.68. The van der Waals surface area contributed by atoms with Gasteiger partial charge >= 0.3 is 0 Å². The zero-order valence-electron chi connectivity index (χ0n) is 16.2. The van der Waals surface area contributed by atoms with Crippen molar-refractivity contribution in [2.45, 2.75) is 71.0 Å². The number of carboxylic acids is 1. The van der Waals surface area contributed by atoms with Crippen LogP contribution < -0.4 is 5.11 Å². The summed E-state index contributed by atoms with van der Waals surface area (Å²) in [6.45, 7) is 6.18. The minimum absolute atomic E-state index is 0.0803. The topological polar surface area (TPSA) is 110 Å². The SMILES string of the molecule is C[C@@H]1CC[C@@H]2[C@](C)(CO)[C@@H](O)CC[C@]2(C)[C@@]12C[C@](CO)(CC(=O)[O-])CO2. The number of aliphatic hydroxyl groups is 3. The second kappa shape index (κ2) is 6.43. The van der Waals surface area contributed by atoms with Gasteiger partial charge in [0.2, 0.25) is 0 Å². The summed E-state index contributed by atoms with van der Waals surface area (Å²) in [4.78, 5) is 11.3. The fourth-order valence-electron chi connectivity index (χ4n) is 6.69. The first-order valence-corrected chi connectivity index (χ1v) is 9.83. The lowest BCUT2D eigenvalue weighted by Crippen LogP contribution is -2.66. The lowest BCUT2D eigenvalue weighted by Gasteiger charge is -2.64. The Hall–Kier alpha value is -0.690. The normalized spacial score (nSPS) is 51.4. The first kappa shape index (κ1) is 20.1. The van der Waals surface area contributed by atoms with Crippen molar-refractivity contribution in [3.05, 3.63) is 0 Å². The minimum atomic E-state index is -1.16. The number of aliphatic hydroxyl groups excluding tert-OH is 3. The monoisotopic (exact) mass is 369 g/mol. The third-order valence-corrected chi connectivity index (χ3v) is 8.38. The van der Waals surface area contributed by atoms with Gasteiger partial charge in [-0.15, -0.1) is 0 Å². The molecule has 3 fully saturated rings. The zero-order chi connectivity index (χ0) is 19.4. The highest BCUT2D eigenvalue weighted by Crippen LogP contribution is 2.67. The Morgan fingerprint density at radius 1 is 1.19 bits per heavy atom. The average Bonchev–Trinajstić information content (AvgIpc) is 2.98. The van der Waals surface area contributed by atoms with E-state index < -0.39 is 28.5 Å². The first-order chi connectivity index (χ1) is 12.1. The number of carbonyl (C=O) groups excluding carboxylic acids is 1. The second-order valence-electron chi connectivity index (χ2n) is 9.73. The van der Waals surface area contributed by atoms with Gasteiger partial charge in [-0.1, -0.05) is 20.8 Å². The third kappa shape index (κ3) is 2.56. The molecule has 1 saturated heterocycles. The lowest BCUT2D eigenvalue weighted by atomic mass is 9.43. The molecular weight excluding hydrogens is 336 g/mol. The Bertz CT molecular complexity index is 567. The van der Waals surface area contributed by atoms with Gasteiger partial charge in [-0.25, -0.2) is 0 Å². The van der Waals surface area contributed by atoms with Crippen LogP contribution in [0.4, 0.5) is 0 Å². The van der Waals surface area contributed by atoms with Crippen molar-refractivity contribution in [3.63, 3.8) is 0 Å². The molecule has 3 N–H and O–H groups in total. The molecule has 0 aromatic heterocycles. The minimum Gasteiger partial charge on any atom is -0.550 e. The van der Waals surface area contributed by atoms with Gasteiger partial charge in [-0.05, 0) is 50.4 Å². The van der Waals surface area contributed by atoms with E-state index in [9.17, 15) is 25.2 Å². The fourth-order valence-corrected chi connectivity index (χ4v) is 6.69. The van der Waals surface area contributed by atoms with Crippen LogP contribution in [0.25, 0.3) is 0 Å². The smallest absolute Gasteiger partial charge is 0.0771 e. The molecule has 0 radical (unpaired) electrons. The van der Waals surface area contributed by atoms with Crippen LogP contribution in [0.1, 0.15) is 59.3 Å². The predicted octanol–water partition coefficient (Wildman–Crippen LogP) is 0.470. The van der Waals surface area contributed by atoms with Crippen LogP contribution in [-0.2, 0) is 9.53 Å². The Morgan fingerprint density at radius 2 is 1.88 bits per heavy atom. The van der Waals surface area contributed by atoms with E-state index in [1.165, 1.54) is 0 Å². The number of ether oxygens (including phenoxy) is 1. The van der Waals surface area contributed by atoms with E-state index in [1.54, 1.807) is 0 Å². The molecule has 150 valence electrons. The van der Waals surface area contributed by atoms with Crippen molar-refractivity contribution in [2.75, 3.05) is 19.8 Å². The summed E-state index contributed by atoms with van der Waals surface area (Å²) in [5.41, 5.74) is -2.25. The summed E-state index contributed by atoms with van der Waals surface area (Å²) in [6, 6.07) is 0. The molecule has 1 spiro atoms. The van der Waals surface area contributed by atoms with Crippen molar-refractivity contribution >= 4 is 5.97 Å². The Labute approximate surface area is 155 Å². The second-order valence-corrected chi connectivity index (χ2v) is 9.73. The Kier molecular flexibility index (Phi) is 4.96. The summed E-state index contributed by atoms with van der Waals surface area (Å²) in [7, 11) is 0. The van der Waals surface area contributed by atoms with E-state index in [-0.39, 0.29) is 43.5 Å². The van der Waals surface area contributed by atoms with Crippen LogP contribution in [0.3, 0.4) is 0 Å². The van der Waals surface area contributed by atoms with Crippen molar-refractivity contribution in [3.8, 4) is 0 Å². The predicted molar refractivity (Wildman–Crippen MR) is 92.9 cm³/mol. The quantitative estimate of drug-likeness (QED) is 0.664. The van der Waals surface area contributed by atoms with Crippen LogP contribution in [0.15, 0.2) is 0 Å². The van der Waals surface area contributed by atoms with Crippen LogP contribution in [-0.4, -0.2) is 52.8 Å². The van der Waals surface area contributed by atoms with E-state index in [0.717, 1.165) is 19.3 Å². The highest BCUT2D eigenvalue weighted by molar-refractivity contribution is 5.65. The van der Waals surface area contributed by atoms with Gasteiger partial charge in [0.25, 0.3) is 0 Å². The van der Waals surface area contributed by atoms with Crippen LogP contribution in [0.2, 0.25) is 0 Å². The van der Waals surface area contributed by atoms with Crippen LogP contribution in [0.5, 0.6) is 0 Å². The molecule has 26 heavy (non-hydrogen) atoms. The number of carboxylic acid groups (broad SMARTS) is 1. The molecule has 6 heteroatoms. The molecule has 3 rings (SSSR count). The maximum Gasteiger partial charge on any atom is 0.0771 e. The molecule has 3 aliphatic rings. The van der Waals surface area contributed by atoms with Crippen molar-refractivity contribution in [1.29, 1.82) is 0 Å². The highest BCUT2D eigenvalue weighted by atomic mass is 16.5. The molecule has 1 heterocycles. The first-order valence-electron chi connectivity index (χ1n) is 9.83. The number of hydrogen-bond donors (Lipinski definition) is 3. The van der Waals surface area contributed by atoms with Gasteiger partial charge in [-0.3, -0.25) is 0 Å². The molecule has 0 aromatic carbocycles. The summed E-state index contributed by atoms with van der Waals surface area (Å²) in [5.74, 6) is -0.862. The number of carbonyl (C=O) groups is 1. The van der Waals surface area contributed by atoms with Gasteiger partial charge in [0.15, 0.2) is 0 Å². The van der Waals surface area contributed by atoms with Crippen molar-refractivity contribution < 1.29 is 30.0 Å². The molecular formula is C20H33O6-. The van der Waals surface area contributed by atoms with E-state index in [0.29, 0.717) is 12.8 Å². The van der Waals surface area contributed by atoms with Gasteiger partial charge < -0.3 is 30.0 Å². The maximum absolute atomic E-state index is 11.3. The molecule has 2 saturated carbocycles. The Morgan fingerprint density at radius 3 is 2.46 bits per heavy atom. The summed E-state index contributed by atoms with van der Waals surface area (Å²) < 4.78 is 6.43. The summed E-state index contributed by atoms with van der Waals surface area (Å²) in [5, 5.41) is 42.0. The standard InChI is InChI=1S/C20H34O6/c1-13-4-5-14-17(2,10-21)15(23)6-7-18(14,3)20(13)9-19(11-22,12-26-20)8-16(24)25/h13-15,21-23H,4-12H2,1-3H3,(H,24,25)/p-1/t13-,14-,15+,17+,18+,19+,20-/m1/s1. The molecule has 7 atom stereocenters. The molecule has 2 aliphatic carbocycles. The van der Waals surface area contributed by atoms with Crippen molar-refractivity contribution in [1.82, 2.24) is 0 Å². The number of aliphatic carboxylic acids is 1. The number of fused-ring (bicyclic) bond motifs is 2. The summed E-state index contributed by atoms with van der Waals surface area (Å²) >= 11 is 0. The summed E-state index contributed by atoms with van der Waals surface area (Å²) in [6.07, 6.45) is 2.89. The third-order valence-electron chi connectivity index (χ3n) is 8.38. The van der Waals surface area contributed by atoms with Crippen molar-refractivity contribution in [2.24, 2.45) is 28.1 Å². The number of hydrogen-bond acceptors (Lipinski definition) is 6.